The standard InChI is InChI=1S/C14H26N2O3/c1-10(2)12(8-14(18)19)15-13(17)9-16(3)11-6-4-5-7-11/h10-12H,4-9H2,1-3H3,(H,15,17)(H,18,19)/t12-/m0/s1. The molecule has 1 amide bonds. The van der Waals surface area contributed by atoms with Crippen molar-refractivity contribution in [2.45, 2.75) is 58.0 Å². The predicted octanol–water partition coefficient (Wildman–Crippen LogP) is 1.48. The number of rotatable bonds is 7. The van der Waals surface area contributed by atoms with Gasteiger partial charge in [0.15, 0.2) is 0 Å². The first-order valence-corrected chi connectivity index (χ1v) is 7.11. The van der Waals surface area contributed by atoms with Crippen LogP contribution in [0.25, 0.3) is 0 Å². The van der Waals surface area contributed by atoms with Gasteiger partial charge in [-0.3, -0.25) is 14.5 Å². The highest BCUT2D eigenvalue weighted by atomic mass is 16.4. The highest BCUT2D eigenvalue weighted by Gasteiger charge is 2.23. The fourth-order valence-corrected chi connectivity index (χ4v) is 2.59. The fraction of sp³-hybridized carbons (Fsp3) is 0.857. The van der Waals surface area contributed by atoms with E-state index < -0.39 is 5.97 Å². The molecular weight excluding hydrogens is 244 g/mol. The number of amides is 1. The van der Waals surface area contributed by atoms with Crippen molar-refractivity contribution in [3.63, 3.8) is 0 Å². The zero-order valence-electron chi connectivity index (χ0n) is 12.2. The van der Waals surface area contributed by atoms with Gasteiger partial charge in [-0.1, -0.05) is 26.7 Å². The van der Waals surface area contributed by atoms with Crippen molar-refractivity contribution in [1.29, 1.82) is 0 Å². The van der Waals surface area contributed by atoms with Gasteiger partial charge in [0.2, 0.25) is 5.91 Å². The molecule has 0 heterocycles. The molecule has 110 valence electrons. The number of carbonyl (C=O) groups excluding carboxylic acids is 1. The van der Waals surface area contributed by atoms with Gasteiger partial charge in [-0.25, -0.2) is 0 Å². The first-order chi connectivity index (χ1) is 8.90. The monoisotopic (exact) mass is 270 g/mol. The van der Waals surface area contributed by atoms with Crippen LogP contribution in [0, 0.1) is 5.92 Å². The molecular formula is C14H26N2O3. The minimum atomic E-state index is -0.872. The molecule has 2 N–H and O–H groups in total. The van der Waals surface area contributed by atoms with Crippen LogP contribution >= 0.6 is 0 Å². The first-order valence-electron chi connectivity index (χ1n) is 7.11. The van der Waals surface area contributed by atoms with E-state index in [4.69, 9.17) is 5.11 Å². The van der Waals surface area contributed by atoms with Gasteiger partial charge in [-0.05, 0) is 25.8 Å². The Hall–Kier alpha value is -1.10. The fourth-order valence-electron chi connectivity index (χ4n) is 2.59. The van der Waals surface area contributed by atoms with E-state index in [-0.39, 0.29) is 24.3 Å². The Morgan fingerprint density at radius 1 is 1.32 bits per heavy atom. The molecule has 0 aliphatic heterocycles. The summed E-state index contributed by atoms with van der Waals surface area (Å²) in [7, 11) is 1.97. The van der Waals surface area contributed by atoms with Gasteiger partial charge < -0.3 is 10.4 Å². The normalized spacial score (nSPS) is 17.9. The van der Waals surface area contributed by atoms with Crippen molar-refractivity contribution in [2.24, 2.45) is 5.92 Å². The molecule has 19 heavy (non-hydrogen) atoms. The van der Waals surface area contributed by atoms with Crippen molar-refractivity contribution < 1.29 is 14.7 Å². The van der Waals surface area contributed by atoms with Crippen molar-refractivity contribution in [3.05, 3.63) is 0 Å². The molecule has 1 saturated carbocycles. The van der Waals surface area contributed by atoms with Gasteiger partial charge >= 0.3 is 5.97 Å². The number of likely N-dealkylation sites (N-methyl/N-ethyl adjacent to an activating group) is 1. The molecule has 5 nitrogen and oxygen atoms in total. The minimum Gasteiger partial charge on any atom is -0.481 e. The van der Waals surface area contributed by atoms with E-state index in [2.05, 4.69) is 10.2 Å². The Morgan fingerprint density at radius 2 is 1.89 bits per heavy atom. The van der Waals surface area contributed by atoms with Gasteiger partial charge in [0, 0.05) is 12.1 Å². The van der Waals surface area contributed by atoms with E-state index >= 15 is 0 Å². The summed E-state index contributed by atoms with van der Waals surface area (Å²) in [5.74, 6) is -0.825. The van der Waals surface area contributed by atoms with Crippen molar-refractivity contribution in [3.8, 4) is 0 Å². The molecule has 1 rings (SSSR count). The number of hydrogen-bond acceptors (Lipinski definition) is 3. The van der Waals surface area contributed by atoms with Crippen LogP contribution in [0.2, 0.25) is 0 Å². The third kappa shape index (κ3) is 5.59. The van der Waals surface area contributed by atoms with E-state index in [0.717, 1.165) is 12.8 Å². The summed E-state index contributed by atoms with van der Waals surface area (Å²) in [6.07, 6.45) is 4.78. The maximum Gasteiger partial charge on any atom is 0.305 e. The number of carboxylic acids is 1. The molecule has 0 bridgehead atoms. The molecule has 1 aliphatic rings. The van der Waals surface area contributed by atoms with E-state index in [1.54, 1.807) is 0 Å². The Balaban J connectivity index is 2.40. The summed E-state index contributed by atoms with van der Waals surface area (Å²) in [5, 5.41) is 11.7. The smallest absolute Gasteiger partial charge is 0.305 e. The van der Waals surface area contributed by atoms with Crippen LogP contribution in [0.15, 0.2) is 0 Å². The van der Waals surface area contributed by atoms with Crippen LogP contribution in [0.5, 0.6) is 0 Å². The molecule has 0 aromatic rings. The molecule has 0 saturated heterocycles. The van der Waals surface area contributed by atoms with Crippen molar-refractivity contribution >= 4 is 11.9 Å². The summed E-state index contributed by atoms with van der Waals surface area (Å²) < 4.78 is 0. The minimum absolute atomic E-state index is 0.0173. The largest absolute Gasteiger partial charge is 0.481 e. The van der Waals surface area contributed by atoms with Crippen LogP contribution in [-0.4, -0.2) is 47.6 Å². The van der Waals surface area contributed by atoms with Crippen molar-refractivity contribution in [2.75, 3.05) is 13.6 Å². The maximum atomic E-state index is 12.0. The SMILES string of the molecule is CC(C)[C@H](CC(=O)O)NC(=O)CN(C)C1CCCC1. The van der Waals surface area contributed by atoms with Gasteiger partial charge in [-0.2, -0.15) is 0 Å². The number of carbonyl (C=O) groups is 2. The third-order valence-electron chi connectivity index (χ3n) is 3.89. The highest BCUT2D eigenvalue weighted by molar-refractivity contribution is 5.79. The van der Waals surface area contributed by atoms with Gasteiger partial charge in [-0.15, -0.1) is 0 Å². The Kier molecular flexibility index (Phi) is 6.28. The average Bonchev–Trinajstić information content (AvgIpc) is 2.80. The maximum absolute atomic E-state index is 12.0. The zero-order valence-corrected chi connectivity index (χ0v) is 12.2. The lowest BCUT2D eigenvalue weighted by Gasteiger charge is -2.26. The lowest BCUT2D eigenvalue weighted by molar-refractivity contribution is -0.138. The number of nitrogens with zero attached hydrogens (tertiary/aromatic N) is 1. The zero-order chi connectivity index (χ0) is 14.4. The van der Waals surface area contributed by atoms with E-state index in [1.165, 1.54) is 12.8 Å². The molecule has 0 aromatic carbocycles. The second-order valence-electron chi connectivity index (χ2n) is 5.87. The molecule has 0 aromatic heterocycles. The molecule has 0 spiro atoms. The Labute approximate surface area is 115 Å². The van der Waals surface area contributed by atoms with Gasteiger partial charge in [0.05, 0.1) is 13.0 Å². The van der Waals surface area contributed by atoms with Crippen LogP contribution < -0.4 is 5.32 Å². The average molecular weight is 270 g/mol. The van der Waals surface area contributed by atoms with Crippen LogP contribution in [0.4, 0.5) is 0 Å². The van der Waals surface area contributed by atoms with Gasteiger partial charge in [0.1, 0.15) is 0 Å². The van der Waals surface area contributed by atoms with Gasteiger partial charge in [0.25, 0.3) is 0 Å². The number of nitrogens with one attached hydrogen (secondary N) is 1. The van der Waals surface area contributed by atoms with Crippen molar-refractivity contribution in [1.82, 2.24) is 10.2 Å². The topological polar surface area (TPSA) is 69.6 Å². The second-order valence-corrected chi connectivity index (χ2v) is 5.87. The molecule has 1 fully saturated rings. The Morgan fingerprint density at radius 3 is 2.37 bits per heavy atom. The Bertz CT molecular complexity index is 312. The molecule has 1 aliphatic carbocycles. The van der Waals surface area contributed by atoms with Crippen LogP contribution in [0.3, 0.4) is 0 Å². The van der Waals surface area contributed by atoms with E-state index in [1.807, 2.05) is 20.9 Å². The number of hydrogen-bond donors (Lipinski definition) is 2. The van der Waals surface area contributed by atoms with Crippen LogP contribution in [-0.2, 0) is 9.59 Å². The number of carboxylic acid groups (broad SMARTS) is 1. The summed E-state index contributed by atoms with van der Waals surface area (Å²) in [4.78, 5) is 24.8. The quantitative estimate of drug-likeness (QED) is 0.735. The van der Waals surface area contributed by atoms with E-state index in [0.29, 0.717) is 12.6 Å². The third-order valence-corrected chi connectivity index (χ3v) is 3.89. The van der Waals surface area contributed by atoms with Crippen LogP contribution in [0.1, 0.15) is 46.0 Å². The molecule has 0 unspecified atom stereocenters. The summed E-state index contributed by atoms with van der Waals surface area (Å²) in [6.45, 7) is 4.21. The highest BCUT2D eigenvalue weighted by Crippen LogP contribution is 2.22. The lowest BCUT2D eigenvalue weighted by atomic mass is 10.0. The first kappa shape index (κ1) is 16.0. The number of aliphatic carboxylic acids is 1. The summed E-state index contributed by atoms with van der Waals surface area (Å²) in [5.41, 5.74) is 0. The molecule has 5 heteroatoms. The molecule has 1 atom stereocenters. The predicted molar refractivity (Wildman–Crippen MR) is 73.9 cm³/mol. The lowest BCUT2D eigenvalue weighted by Crippen LogP contribution is -2.46. The second kappa shape index (κ2) is 7.48. The van der Waals surface area contributed by atoms with E-state index in [9.17, 15) is 9.59 Å². The summed E-state index contributed by atoms with van der Waals surface area (Å²) in [6, 6.07) is 0.213. The molecule has 0 radical (unpaired) electrons. The summed E-state index contributed by atoms with van der Waals surface area (Å²) >= 11 is 0.